The number of methoxy groups -OCH3 is 1. The zero-order chi connectivity index (χ0) is 24.3. The summed E-state index contributed by atoms with van der Waals surface area (Å²) in [7, 11) is 1.55. The van der Waals surface area contributed by atoms with Crippen molar-refractivity contribution in [2.24, 2.45) is 0 Å². The molecule has 0 spiro atoms. The number of aliphatic hydroxyl groups excluding tert-OH is 1. The summed E-state index contributed by atoms with van der Waals surface area (Å²) < 4.78 is 12.3. The molecule has 34 heavy (non-hydrogen) atoms. The molecule has 7 heteroatoms. The number of fused-ring (bicyclic) bond motifs is 1. The predicted molar refractivity (Wildman–Crippen MR) is 133 cm³/mol. The van der Waals surface area contributed by atoms with E-state index in [0.717, 1.165) is 22.0 Å². The molecule has 178 valence electrons. The maximum atomic E-state index is 13.2. The van der Waals surface area contributed by atoms with E-state index in [-0.39, 0.29) is 0 Å². The van der Waals surface area contributed by atoms with E-state index >= 15 is 0 Å². The van der Waals surface area contributed by atoms with Gasteiger partial charge in [0.15, 0.2) is 17.8 Å². The van der Waals surface area contributed by atoms with E-state index in [0.29, 0.717) is 36.5 Å². The number of aryl methyl sites for hydroxylation is 1. The number of rotatable bonds is 8. The van der Waals surface area contributed by atoms with E-state index in [1.54, 1.807) is 25.3 Å². The topological polar surface area (TPSA) is 88.0 Å². The van der Waals surface area contributed by atoms with Crippen LogP contribution >= 0.6 is 15.9 Å². The Morgan fingerprint density at radius 3 is 2.59 bits per heavy atom. The van der Waals surface area contributed by atoms with Gasteiger partial charge in [-0.05, 0) is 53.9 Å². The van der Waals surface area contributed by atoms with Crippen LogP contribution < -0.4 is 14.8 Å². The molecule has 1 amide bonds. The quantitative estimate of drug-likeness (QED) is 0.387. The van der Waals surface area contributed by atoms with Crippen LogP contribution in [-0.4, -0.2) is 41.7 Å². The molecule has 0 saturated heterocycles. The van der Waals surface area contributed by atoms with Crippen LogP contribution in [0.5, 0.6) is 11.5 Å². The average Bonchev–Trinajstić information content (AvgIpc) is 3.17. The van der Waals surface area contributed by atoms with Gasteiger partial charge >= 0.3 is 0 Å². The van der Waals surface area contributed by atoms with Gasteiger partial charge in [0.2, 0.25) is 0 Å². The van der Waals surface area contributed by atoms with E-state index in [4.69, 9.17) is 9.47 Å². The van der Waals surface area contributed by atoms with Gasteiger partial charge in [-0.2, -0.15) is 0 Å². The van der Waals surface area contributed by atoms with Crippen molar-refractivity contribution < 1.29 is 24.5 Å². The molecule has 0 saturated carbocycles. The lowest BCUT2D eigenvalue weighted by molar-refractivity contribution is -0.102. The lowest BCUT2D eigenvalue weighted by Crippen LogP contribution is -2.57. The summed E-state index contributed by atoms with van der Waals surface area (Å²) in [4.78, 5) is 13.2. The molecule has 1 aliphatic rings. The van der Waals surface area contributed by atoms with Crippen molar-refractivity contribution in [3.05, 3.63) is 93.0 Å². The van der Waals surface area contributed by atoms with Gasteiger partial charge in [-0.15, -0.1) is 0 Å². The van der Waals surface area contributed by atoms with Gasteiger partial charge in [0.1, 0.15) is 0 Å². The van der Waals surface area contributed by atoms with Crippen LogP contribution in [0, 0.1) is 6.92 Å². The molecule has 1 atom stereocenters. The van der Waals surface area contributed by atoms with Crippen LogP contribution in [0.4, 0.5) is 0 Å². The first-order chi connectivity index (χ1) is 16.3. The van der Waals surface area contributed by atoms with Gasteiger partial charge < -0.3 is 25.0 Å². The Balaban J connectivity index is 1.49. The number of halogens is 1. The number of carbonyl (C=O) groups is 1. The van der Waals surface area contributed by atoms with Crippen molar-refractivity contribution in [1.29, 1.82) is 0 Å². The van der Waals surface area contributed by atoms with Crippen LogP contribution in [0.3, 0.4) is 0 Å². The second-order valence-electron chi connectivity index (χ2n) is 8.70. The summed E-state index contributed by atoms with van der Waals surface area (Å²) in [5.41, 5.74) is 3.45. The van der Waals surface area contributed by atoms with E-state index < -0.39 is 17.7 Å². The third-order valence-corrected chi connectivity index (χ3v) is 6.69. The maximum absolute atomic E-state index is 13.2. The van der Waals surface area contributed by atoms with E-state index in [9.17, 15) is 15.0 Å². The molecule has 0 fully saturated rings. The zero-order valence-electron chi connectivity index (χ0n) is 19.2. The number of aliphatic hydroxyl groups is 2. The van der Waals surface area contributed by atoms with Crippen molar-refractivity contribution in [2.75, 3.05) is 13.7 Å². The summed E-state index contributed by atoms with van der Waals surface area (Å²) in [5, 5.41) is 23.3. The smallest absolute Gasteiger partial charge is 0.252 e. The average molecular weight is 526 g/mol. The second-order valence-corrected chi connectivity index (χ2v) is 9.62. The minimum atomic E-state index is -1.72. The van der Waals surface area contributed by atoms with Gasteiger partial charge in [0, 0.05) is 29.3 Å². The molecule has 3 aromatic rings. The highest BCUT2D eigenvalue weighted by molar-refractivity contribution is 9.10. The van der Waals surface area contributed by atoms with Crippen molar-refractivity contribution in [1.82, 2.24) is 5.32 Å². The summed E-state index contributed by atoms with van der Waals surface area (Å²) in [5.74, 6) is 0.571. The highest BCUT2D eigenvalue weighted by Gasteiger charge is 2.44. The highest BCUT2D eigenvalue weighted by Crippen LogP contribution is 2.35. The number of ether oxygens (including phenoxy) is 2. The molecule has 0 heterocycles. The second kappa shape index (κ2) is 10.2. The van der Waals surface area contributed by atoms with Gasteiger partial charge in [0.05, 0.1) is 19.3 Å². The SMILES string of the molecule is COc1ccc(C(=O)NC2(C(O)O)Cc3ccc(Br)cc3C2)cc1OCCc1cccc(C)c1. The molecular formula is C27H28BrNO5. The number of carbonyl (C=O) groups excluding carboxylic acids is 1. The lowest BCUT2D eigenvalue weighted by Gasteiger charge is -2.32. The summed E-state index contributed by atoms with van der Waals surface area (Å²) in [6.45, 7) is 2.47. The molecular weight excluding hydrogens is 498 g/mol. The third kappa shape index (κ3) is 5.27. The van der Waals surface area contributed by atoms with E-state index in [1.807, 2.05) is 37.3 Å². The molecule has 0 aromatic heterocycles. The van der Waals surface area contributed by atoms with Crippen molar-refractivity contribution >= 4 is 21.8 Å². The van der Waals surface area contributed by atoms with Crippen LogP contribution in [0.1, 0.15) is 32.6 Å². The first-order valence-electron chi connectivity index (χ1n) is 11.1. The van der Waals surface area contributed by atoms with Gasteiger partial charge in [-0.25, -0.2) is 0 Å². The summed E-state index contributed by atoms with van der Waals surface area (Å²) in [6, 6.07) is 19.0. The van der Waals surface area contributed by atoms with Gasteiger partial charge in [0.25, 0.3) is 5.91 Å². The fourth-order valence-electron chi connectivity index (χ4n) is 4.38. The van der Waals surface area contributed by atoms with Crippen molar-refractivity contribution in [3.63, 3.8) is 0 Å². The Hall–Kier alpha value is -2.87. The Morgan fingerprint density at radius 1 is 1.06 bits per heavy atom. The predicted octanol–water partition coefficient (Wildman–Crippen LogP) is 3.97. The third-order valence-electron chi connectivity index (χ3n) is 6.19. The first-order valence-corrected chi connectivity index (χ1v) is 11.9. The van der Waals surface area contributed by atoms with Crippen LogP contribution in [0.15, 0.2) is 65.1 Å². The van der Waals surface area contributed by atoms with Gasteiger partial charge in [-0.1, -0.05) is 51.8 Å². The number of amides is 1. The molecule has 0 bridgehead atoms. The minimum Gasteiger partial charge on any atom is -0.493 e. The number of hydrogen-bond acceptors (Lipinski definition) is 5. The molecule has 4 rings (SSSR count). The summed E-state index contributed by atoms with van der Waals surface area (Å²) in [6.07, 6.45) is -0.351. The monoisotopic (exact) mass is 525 g/mol. The number of benzene rings is 3. The zero-order valence-corrected chi connectivity index (χ0v) is 20.8. The molecule has 0 aliphatic heterocycles. The molecule has 1 unspecified atom stereocenters. The Bertz CT molecular complexity index is 1200. The van der Waals surface area contributed by atoms with Gasteiger partial charge in [-0.3, -0.25) is 4.79 Å². The lowest BCUT2D eigenvalue weighted by atomic mass is 9.94. The van der Waals surface area contributed by atoms with Crippen molar-refractivity contribution in [3.8, 4) is 11.5 Å². The Kier molecular flexibility index (Phi) is 7.26. The van der Waals surface area contributed by atoms with Crippen LogP contribution in [0.2, 0.25) is 0 Å². The van der Waals surface area contributed by atoms with Crippen LogP contribution in [-0.2, 0) is 19.3 Å². The molecule has 0 radical (unpaired) electrons. The standard InChI is InChI=1S/C27H28BrNO5/c1-17-4-3-5-18(12-17)10-11-34-24-14-19(7-9-23(24)33-2)25(30)29-27(26(31)32)15-20-6-8-22(28)13-21(20)16-27/h3-9,12-14,26,31-32H,10-11,15-16H2,1-2H3,(H,29,30). The van der Waals surface area contributed by atoms with Crippen molar-refractivity contribution in [2.45, 2.75) is 38.0 Å². The first kappa shape index (κ1) is 24.3. The van der Waals surface area contributed by atoms with E-state index in [2.05, 4.69) is 33.4 Å². The molecule has 6 nitrogen and oxygen atoms in total. The number of hydrogen-bond donors (Lipinski definition) is 3. The number of nitrogens with one attached hydrogen (secondary N) is 1. The normalized spacial score (nSPS) is 16.9. The molecule has 1 aliphatic carbocycles. The highest BCUT2D eigenvalue weighted by atomic mass is 79.9. The summed E-state index contributed by atoms with van der Waals surface area (Å²) >= 11 is 3.45. The molecule has 3 N–H and O–H groups in total. The largest absolute Gasteiger partial charge is 0.493 e. The fourth-order valence-corrected chi connectivity index (χ4v) is 4.79. The molecule has 3 aromatic carbocycles. The minimum absolute atomic E-state index is 0.321. The maximum Gasteiger partial charge on any atom is 0.252 e. The van der Waals surface area contributed by atoms with Crippen LogP contribution in [0.25, 0.3) is 0 Å². The van der Waals surface area contributed by atoms with E-state index in [1.165, 1.54) is 11.1 Å². The Labute approximate surface area is 207 Å². The Morgan fingerprint density at radius 2 is 1.85 bits per heavy atom. The fraction of sp³-hybridized carbons (Fsp3) is 0.296.